The summed E-state index contributed by atoms with van der Waals surface area (Å²) in [5, 5.41) is 4.02. The molecule has 0 aliphatic carbocycles. The Morgan fingerprint density at radius 2 is 1.77 bits per heavy atom. The maximum Gasteiger partial charge on any atom is 0.229 e. The predicted molar refractivity (Wildman–Crippen MR) is 141 cm³/mol. The van der Waals surface area contributed by atoms with Crippen LogP contribution < -0.4 is 14.9 Å². The first kappa shape index (κ1) is 23.0. The molecule has 1 saturated heterocycles. The maximum atomic E-state index is 11.8. The minimum atomic E-state index is -3.39. The zero-order valence-electron chi connectivity index (χ0n) is 19.2. The number of anilines is 2. The van der Waals surface area contributed by atoms with E-state index in [0.717, 1.165) is 34.7 Å². The van der Waals surface area contributed by atoms with Gasteiger partial charge in [0.1, 0.15) is 11.9 Å². The number of nitrogens with one attached hydrogen (secondary N) is 2. The van der Waals surface area contributed by atoms with Crippen LogP contribution in [0.1, 0.15) is 29.0 Å². The fraction of sp³-hybridized carbons (Fsp3) is 0.160. The molecular weight excluding hydrogens is 480 g/mol. The van der Waals surface area contributed by atoms with Gasteiger partial charge in [-0.25, -0.2) is 13.4 Å². The first-order valence-corrected chi connectivity index (χ1v) is 13.3. The van der Waals surface area contributed by atoms with E-state index in [0.29, 0.717) is 10.8 Å². The number of rotatable bonds is 6. The summed E-state index contributed by atoms with van der Waals surface area (Å²) in [5.41, 5.74) is 4.02. The van der Waals surface area contributed by atoms with Crippen LogP contribution >= 0.6 is 12.2 Å². The van der Waals surface area contributed by atoms with Gasteiger partial charge in [0.25, 0.3) is 0 Å². The number of sulfonamides is 1. The monoisotopic (exact) mass is 504 g/mol. The molecular formula is C25H24N6O2S2. The molecule has 4 aromatic rings. The largest absolute Gasteiger partial charge is 0.351 e. The fourth-order valence-electron chi connectivity index (χ4n) is 4.39. The third kappa shape index (κ3) is 4.62. The predicted octanol–water partition coefficient (Wildman–Crippen LogP) is 4.12. The van der Waals surface area contributed by atoms with Crippen molar-refractivity contribution in [3.8, 4) is 5.82 Å². The van der Waals surface area contributed by atoms with Crippen LogP contribution in [-0.2, 0) is 10.0 Å². The third-order valence-electron chi connectivity index (χ3n) is 5.86. The Bertz CT molecular complexity index is 1470. The number of aromatic nitrogens is 3. The fourth-order valence-corrected chi connectivity index (χ4v) is 5.36. The molecule has 2 atom stereocenters. The normalized spacial score (nSPS) is 17.9. The van der Waals surface area contributed by atoms with Crippen LogP contribution in [0.3, 0.4) is 0 Å². The number of pyridine rings is 2. The van der Waals surface area contributed by atoms with Crippen molar-refractivity contribution < 1.29 is 8.42 Å². The number of aryl methyl sites for hydroxylation is 1. The molecule has 5 rings (SSSR count). The van der Waals surface area contributed by atoms with E-state index < -0.39 is 10.0 Å². The molecule has 2 N–H and O–H groups in total. The maximum absolute atomic E-state index is 11.8. The quantitative estimate of drug-likeness (QED) is 0.382. The van der Waals surface area contributed by atoms with Gasteiger partial charge in [-0.1, -0.05) is 12.1 Å². The van der Waals surface area contributed by atoms with Crippen molar-refractivity contribution in [2.45, 2.75) is 19.0 Å². The Morgan fingerprint density at radius 1 is 1.00 bits per heavy atom. The highest BCUT2D eigenvalue weighted by molar-refractivity contribution is 7.92. The van der Waals surface area contributed by atoms with Gasteiger partial charge in [-0.15, -0.1) is 0 Å². The van der Waals surface area contributed by atoms with Crippen LogP contribution in [0.5, 0.6) is 0 Å². The van der Waals surface area contributed by atoms with Crippen molar-refractivity contribution in [1.29, 1.82) is 0 Å². The van der Waals surface area contributed by atoms with Gasteiger partial charge in [0.15, 0.2) is 5.11 Å². The number of thiocarbonyl (C=S) groups is 1. The smallest absolute Gasteiger partial charge is 0.229 e. The summed E-state index contributed by atoms with van der Waals surface area (Å²) in [7, 11) is -3.39. The molecule has 35 heavy (non-hydrogen) atoms. The lowest BCUT2D eigenvalue weighted by Crippen LogP contribution is -2.30. The van der Waals surface area contributed by atoms with E-state index in [2.05, 4.69) is 35.5 Å². The number of benzene rings is 1. The Labute approximate surface area is 209 Å². The van der Waals surface area contributed by atoms with E-state index in [1.165, 1.54) is 0 Å². The molecule has 1 aliphatic rings. The highest BCUT2D eigenvalue weighted by atomic mass is 32.2. The van der Waals surface area contributed by atoms with Gasteiger partial charge in [0, 0.05) is 30.0 Å². The number of nitrogens with zero attached hydrogens (tertiary/aromatic N) is 4. The number of hydrogen-bond donors (Lipinski definition) is 2. The second-order valence-electron chi connectivity index (χ2n) is 8.36. The summed E-state index contributed by atoms with van der Waals surface area (Å²) in [6.45, 7) is 1.87. The molecule has 0 bridgehead atoms. The second kappa shape index (κ2) is 9.12. The molecule has 10 heteroatoms. The van der Waals surface area contributed by atoms with Crippen LogP contribution in [0.4, 0.5) is 11.4 Å². The van der Waals surface area contributed by atoms with E-state index in [1.807, 2.05) is 67.7 Å². The lowest BCUT2D eigenvalue weighted by Gasteiger charge is -2.29. The van der Waals surface area contributed by atoms with Crippen LogP contribution in [0.15, 0.2) is 85.3 Å². The van der Waals surface area contributed by atoms with Crippen LogP contribution in [-0.4, -0.2) is 34.3 Å². The molecule has 178 valence electrons. The summed E-state index contributed by atoms with van der Waals surface area (Å²) in [6, 6.07) is 20.8. The average Bonchev–Trinajstić information content (AvgIpc) is 3.45. The minimum absolute atomic E-state index is 0.213. The second-order valence-corrected chi connectivity index (χ2v) is 10.5. The lowest BCUT2D eigenvalue weighted by molar-refractivity contribution is 0.548. The van der Waals surface area contributed by atoms with Gasteiger partial charge in [0.2, 0.25) is 10.0 Å². The van der Waals surface area contributed by atoms with Crippen molar-refractivity contribution in [3.63, 3.8) is 0 Å². The summed E-state index contributed by atoms with van der Waals surface area (Å²) in [6.07, 6.45) is 6.66. The van der Waals surface area contributed by atoms with Gasteiger partial charge in [0.05, 0.1) is 23.7 Å². The molecule has 1 fully saturated rings. The Morgan fingerprint density at radius 3 is 2.43 bits per heavy atom. The van der Waals surface area contributed by atoms with Crippen LogP contribution in [0.25, 0.3) is 5.82 Å². The Hall–Kier alpha value is -3.76. The average molecular weight is 505 g/mol. The summed E-state index contributed by atoms with van der Waals surface area (Å²) in [5.74, 6) is 0.800. The third-order valence-corrected chi connectivity index (χ3v) is 6.77. The van der Waals surface area contributed by atoms with E-state index in [-0.39, 0.29) is 12.1 Å². The molecule has 1 aromatic carbocycles. The molecule has 0 radical (unpaired) electrons. The number of hydrogen-bond acceptors (Lipinski definition) is 5. The summed E-state index contributed by atoms with van der Waals surface area (Å²) < 4.78 is 28.1. The van der Waals surface area contributed by atoms with Gasteiger partial charge in [-0.05, 0) is 79.3 Å². The minimum Gasteiger partial charge on any atom is -0.351 e. The highest BCUT2D eigenvalue weighted by Crippen LogP contribution is 2.42. The van der Waals surface area contributed by atoms with Gasteiger partial charge in [-0.2, -0.15) is 0 Å². The molecule has 0 saturated carbocycles. The zero-order chi connectivity index (χ0) is 24.6. The van der Waals surface area contributed by atoms with Crippen LogP contribution in [0.2, 0.25) is 0 Å². The zero-order valence-corrected chi connectivity index (χ0v) is 20.8. The molecule has 0 spiro atoms. The van der Waals surface area contributed by atoms with Crippen molar-refractivity contribution >= 4 is 38.7 Å². The van der Waals surface area contributed by atoms with Crippen molar-refractivity contribution in [2.24, 2.45) is 0 Å². The first-order chi connectivity index (χ1) is 16.8. The summed E-state index contributed by atoms with van der Waals surface area (Å²) >= 11 is 5.82. The standard InChI is InChI=1S/C25H24N6O2S2/c1-17-16-18(11-12-19(17)29-35(2,32)33)31-24(23(28-25(31)34)20-8-3-5-13-26-20)21-9-7-15-30(21)22-10-4-6-14-27-22/h3-16,23-24,29H,1-2H3,(H,28,34)/t23-,24+/m0/s1. The molecule has 4 heterocycles. The van der Waals surface area contributed by atoms with Gasteiger partial charge in [-0.3, -0.25) is 9.71 Å². The first-order valence-electron chi connectivity index (χ1n) is 11.0. The van der Waals surface area contributed by atoms with Gasteiger partial charge >= 0.3 is 0 Å². The summed E-state index contributed by atoms with van der Waals surface area (Å²) in [4.78, 5) is 11.2. The van der Waals surface area contributed by atoms with E-state index in [4.69, 9.17) is 12.2 Å². The molecule has 1 aliphatic heterocycles. The van der Waals surface area contributed by atoms with E-state index in [9.17, 15) is 8.42 Å². The molecule has 0 unspecified atom stereocenters. The Balaban J connectivity index is 1.63. The van der Waals surface area contributed by atoms with Crippen molar-refractivity contribution in [1.82, 2.24) is 19.9 Å². The molecule has 8 nitrogen and oxygen atoms in total. The van der Waals surface area contributed by atoms with E-state index in [1.54, 1.807) is 18.5 Å². The van der Waals surface area contributed by atoms with Crippen molar-refractivity contribution in [3.05, 3.63) is 102 Å². The topological polar surface area (TPSA) is 92.2 Å². The van der Waals surface area contributed by atoms with Crippen molar-refractivity contribution in [2.75, 3.05) is 15.9 Å². The molecule has 0 amide bonds. The lowest BCUT2D eigenvalue weighted by atomic mass is 10.0. The molecule has 3 aromatic heterocycles. The SMILES string of the molecule is Cc1cc(N2C(=S)N[C@@H](c3ccccn3)[C@H]2c2cccn2-c2ccccn2)ccc1NS(C)(=O)=O. The van der Waals surface area contributed by atoms with E-state index >= 15 is 0 Å². The van der Waals surface area contributed by atoms with Gasteiger partial charge < -0.3 is 14.8 Å². The van der Waals surface area contributed by atoms with Crippen LogP contribution in [0, 0.1) is 6.92 Å². The highest BCUT2D eigenvalue weighted by Gasteiger charge is 2.42. The Kier molecular flexibility index (Phi) is 6.00.